The zero-order chi connectivity index (χ0) is 24.5. The van der Waals surface area contributed by atoms with Crippen LogP contribution in [0, 0.1) is 0 Å². The first-order valence-corrected chi connectivity index (χ1v) is 12.1. The van der Waals surface area contributed by atoms with Crippen molar-refractivity contribution in [2.45, 2.75) is 89.9 Å². The summed E-state index contributed by atoms with van der Waals surface area (Å²) in [5.41, 5.74) is 1.68. The van der Waals surface area contributed by atoms with Gasteiger partial charge in [0.25, 0.3) is 0 Å². The van der Waals surface area contributed by atoms with Crippen LogP contribution in [-0.4, -0.2) is 53.2 Å². The summed E-state index contributed by atoms with van der Waals surface area (Å²) in [6, 6.07) is 20.2. The second-order valence-electron chi connectivity index (χ2n) is 10.7. The molecule has 2 aromatic rings. The lowest BCUT2D eigenvalue weighted by molar-refractivity contribution is -0.192. The van der Waals surface area contributed by atoms with Gasteiger partial charge in [-0.25, -0.2) is 4.79 Å². The molecular formula is C28H37NO5. The fourth-order valence-corrected chi connectivity index (χ4v) is 4.90. The molecule has 3 unspecified atom stereocenters. The number of nitrogens with zero attached hydrogens (tertiary/aromatic N) is 1. The molecule has 2 aromatic carbocycles. The quantitative estimate of drug-likeness (QED) is 0.565. The molecule has 184 valence electrons. The van der Waals surface area contributed by atoms with Crippen LogP contribution in [0.15, 0.2) is 60.7 Å². The van der Waals surface area contributed by atoms with E-state index < -0.39 is 23.5 Å². The Morgan fingerprint density at radius 2 is 1.68 bits per heavy atom. The third-order valence-electron chi connectivity index (χ3n) is 6.32. The fourth-order valence-electron chi connectivity index (χ4n) is 4.90. The van der Waals surface area contributed by atoms with Crippen molar-refractivity contribution < 1.29 is 23.7 Å². The lowest BCUT2D eigenvalue weighted by Gasteiger charge is -2.46. The van der Waals surface area contributed by atoms with E-state index in [2.05, 4.69) is 36.1 Å². The van der Waals surface area contributed by atoms with Crippen molar-refractivity contribution in [3.63, 3.8) is 0 Å². The molecule has 5 atom stereocenters. The van der Waals surface area contributed by atoms with E-state index in [1.807, 2.05) is 71.0 Å². The molecule has 0 amide bonds. The van der Waals surface area contributed by atoms with Gasteiger partial charge in [0, 0.05) is 12.6 Å². The lowest BCUT2D eigenvalue weighted by Crippen LogP contribution is -2.62. The van der Waals surface area contributed by atoms with Gasteiger partial charge in [0.15, 0.2) is 11.9 Å². The highest BCUT2D eigenvalue weighted by Crippen LogP contribution is 2.40. The highest BCUT2D eigenvalue weighted by Gasteiger charge is 2.56. The number of esters is 1. The second kappa shape index (κ2) is 9.78. The zero-order valence-corrected chi connectivity index (χ0v) is 21.1. The van der Waals surface area contributed by atoms with Crippen molar-refractivity contribution in [2.75, 3.05) is 6.61 Å². The summed E-state index contributed by atoms with van der Waals surface area (Å²) in [6.07, 6.45) is -1.40. The van der Waals surface area contributed by atoms with Crippen molar-refractivity contribution in [3.05, 3.63) is 71.8 Å². The van der Waals surface area contributed by atoms with Gasteiger partial charge in [0.05, 0.1) is 12.6 Å². The first kappa shape index (κ1) is 24.9. The summed E-state index contributed by atoms with van der Waals surface area (Å²) >= 11 is 0. The summed E-state index contributed by atoms with van der Waals surface area (Å²) in [6.45, 7) is 12.5. The number of ether oxygens (including phenoxy) is 4. The number of hydrogen-bond donors (Lipinski definition) is 0. The van der Waals surface area contributed by atoms with Crippen LogP contribution in [0.1, 0.15) is 58.7 Å². The molecule has 4 rings (SSSR count). The van der Waals surface area contributed by atoms with Gasteiger partial charge < -0.3 is 18.9 Å². The first-order chi connectivity index (χ1) is 16.0. The largest absolute Gasteiger partial charge is 0.458 e. The predicted molar refractivity (Wildman–Crippen MR) is 130 cm³/mol. The van der Waals surface area contributed by atoms with Gasteiger partial charge in [0.2, 0.25) is 0 Å². The van der Waals surface area contributed by atoms with Gasteiger partial charge in [-0.2, -0.15) is 0 Å². The number of fused-ring (bicyclic) bond motifs is 1. The predicted octanol–water partition coefficient (Wildman–Crippen LogP) is 4.88. The van der Waals surface area contributed by atoms with Crippen LogP contribution in [0.2, 0.25) is 0 Å². The summed E-state index contributed by atoms with van der Waals surface area (Å²) in [5.74, 6) is -1.13. The smallest absolute Gasteiger partial charge is 0.337 e. The minimum absolute atomic E-state index is 0.00833. The molecule has 2 aliphatic heterocycles. The van der Waals surface area contributed by atoms with E-state index >= 15 is 0 Å². The Morgan fingerprint density at radius 3 is 2.29 bits per heavy atom. The number of carbonyl (C=O) groups is 1. The maximum Gasteiger partial charge on any atom is 0.337 e. The highest BCUT2D eigenvalue weighted by molar-refractivity contribution is 5.76. The van der Waals surface area contributed by atoms with Crippen LogP contribution in [-0.2, 0) is 30.3 Å². The molecule has 0 N–H and O–H groups in total. The average molecular weight is 468 g/mol. The van der Waals surface area contributed by atoms with E-state index in [4.69, 9.17) is 18.9 Å². The third-order valence-corrected chi connectivity index (χ3v) is 6.32. The summed E-state index contributed by atoms with van der Waals surface area (Å²) in [7, 11) is 0. The van der Waals surface area contributed by atoms with Gasteiger partial charge in [-0.3, -0.25) is 4.90 Å². The molecule has 6 heteroatoms. The summed E-state index contributed by atoms with van der Waals surface area (Å²) in [5, 5.41) is 0. The minimum Gasteiger partial charge on any atom is -0.458 e. The Morgan fingerprint density at radius 1 is 1.06 bits per heavy atom. The fraction of sp³-hybridized carbons (Fsp3) is 0.536. The van der Waals surface area contributed by atoms with Gasteiger partial charge >= 0.3 is 5.97 Å². The second-order valence-corrected chi connectivity index (χ2v) is 10.7. The van der Waals surface area contributed by atoms with Crippen molar-refractivity contribution in [2.24, 2.45) is 0 Å². The first-order valence-electron chi connectivity index (χ1n) is 12.1. The standard InChI is InChI=1S/C28H37NO5/c1-19(21-15-11-8-12-16-21)29(17-20-13-9-7-10-14-20)23-24-22(32-28(5,6)33-24)18-31-25(23)26(30)34-27(2,3)4/h7-16,19,22-25H,17-18H2,1-6H3/t19?,22?,23-,24?,25-/m0/s1. The molecule has 0 bridgehead atoms. The molecule has 2 saturated heterocycles. The van der Waals surface area contributed by atoms with Crippen LogP contribution in [0.3, 0.4) is 0 Å². The topological polar surface area (TPSA) is 57.2 Å². The summed E-state index contributed by atoms with van der Waals surface area (Å²) in [4.78, 5) is 15.7. The van der Waals surface area contributed by atoms with Crippen molar-refractivity contribution in [1.29, 1.82) is 0 Å². The molecule has 34 heavy (non-hydrogen) atoms. The Kier molecular flexibility index (Phi) is 7.15. The van der Waals surface area contributed by atoms with Crippen molar-refractivity contribution >= 4 is 5.97 Å². The van der Waals surface area contributed by atoms with Crippen LogP contribution >= 0.6 is 0 Å². The zero-order valence-electron chi connectivity index (χ0n) is 21.1. The molecular weight excluding hydrogens is 430 g/mol. The molecule has 0 radical (unpaired) electrons. The molecule has 2 heterocycles. The van der Waals surface area contributed by atoms with Crippen LogP contribution in [0.4, 0.5) is 0 Å². The average Bonchev–Trinajstić information content (AvgIpc) is 3.10. The van der Waals surface area contributed by atoms with Crippen LogP contribution in [0.5, 0.6) is 0 Å². The maximum atomic E-state index is 13.4. The highest BCUT2D eigenvalue weighted by atomic mass is 16.8. The molecule has 0 aliphatic carbocycles. The minimum atomic E-state index is -0.798. The van der Waals surface area contributed by atoms with E-state index in [9.17, 15) is 4.79 Å². The van der Waals surface area contributed by atoms with Crippen LogP contribution in [0.25, 0.3) is 0 Å². The Hall–Kier alpha value is -2.25. The van der Waals surface area contributed by atoms with Gasteiger partial charge in [-0.1, -0.05) is 60.7 Å². The SMILES string of the molecule is CC(c1ccccc1)N(Cc1ccccc1)[C@H]1C2OC(C)(C)OC2CO[C@@H]1C(=O)OC(C)(C)C. The molecule has 2 aliphatic rings. The monoisotopic (exact) mass is 467 g/mol. The molecule has 2 fully saturated rings. The van der Waals surface area contributed by atoms with Gasteiger partial charge in [0.1, 0.15) is 17.8 Å². The Labute approximate surface area is 203 Å². The van der Waals surface area contributed by atoms with E-state index in [0.717, 1.165) is 11.1 Å². The van der Waals surface area contributed by atoms with Gasteiger partial charge in [-0.15, -0.1) is 0 Å². The molecule has 0 spiro atoms. The number of carbonyl (C=O) groups excluding carboxylic acids is 1. The van der Waals surface area contributed by atoms with E-state index in [1.54, 1.807) is 0 Å². The van der Waals surface area contributed by atoms with Crippen LogP contribution < -0.4 is 0 Å². The van der Waals surface area contributed by atoms with Gasteiger partial charge in [-0.05, 0) is 52.7 Å². The lowest BCUT2D eigenvalue weighted by atomic mass is 9.92. The van der Waals surface area contributed by atoms with Crippen molar-refractivity contribution in [3.8, 4) is 0 Å². The van der Waals surface area contributed by atoms with E-state index in [-0.39, 0.29) is 30.8 Å². The Bertz CT molecular complexity index is 956. The third kappa shape index (κ3) is 5.69. The molecule has 6 nitrogen and oxygen atoms in total. The number of hydrogen-bond acceptors (Lipinski definition) is 6. The number of benzene rings is 2. The van der Waals surface area contributed by atoms with Crippen molar-refractivity contribution in [1.82, 2.24) is 4.90 Å². The Balaban J connectivity index is 1.76. The van der Waals surface area contributed by atoms with E-state index in [1.165, 1.54) is 0 Å². The summed E-state index contributed by atoms with van der Waals surface area (Å²) < 4.78 is 24.6. The normalized spacial score (nSPS) is 27.3. The molecule has 0 saturated carbocycles. The van der Waals surface area contributed by atoms with E-state index in [0.29, 0.717) is 6.54 Å². The molecule has 0 aromatic heterocycles. The maximum absolute atomic E-state index is 13.4. The number of rotatable bonds is 6.